The molecule has 2 unspecified atom stereocenters. The molecule has 1 aliphatic rings. The van der Waals surface area contributed by atoms with Crippen LogP contribution in [0.4, 0.5) is 5.69 Å². The van der Waals surface area contributed by atoms with Gasteiger partial charge in [-0.25, -0.2) is 4.79 Å². The van der Waals surface area contributed by atoms with Crippen molar-refractivity contribution < 1.29 is 19.5 Å². The largest absolute Gasteiger partial charge is 0.733 e. The Morgan fingerprint density at radius 3 is 2.59 bits per heavy atom. The average Bonchev–Trinajstić information content (AvgIpc) is 3.02. The lowest BCUT2D eigenvalue weighted by Crippen LogP contribution is -2.12. The molecule has 1 heterocycles. The summed E-state index contributed by atoms with van der Waals surface area (Å²) in [5.41, 5.74) is 0.379. The van der Waals surface area contributed by atoms with Crippen molar-refractivity contribution in [1.82, 2.24) is 0 Å². The number of hydrogen-bond donors (Lipinski definition) is 1. The average molecular weight is 238 g/mol. The van der Waals surface area contributed by atoms with Gasteiger partial charge < -0.3 is 19.9 Å². The van der Waals surface area contributed by atoms with Gasteiger partial charge in [0.2, 0.25) is 0 Å². The molecule has 1 N–H and O–H groups in total. The summed E-state index contributed by atoms with van der Waals surface area (Å²) in [6, 6.07) is 5.49. The summed E-state index contributed by atoms with van der Waals surface area (Å²) in [4.78, 5) is 11.5. The van der Waals surface area contributed by atoms with Crippen molar-refractivity contribution in [3.63, 3.8) is 0 Å². The molecule has 6 nitrogen and oxygen atoms in total. The highest BCUT2D eigenvalue weighted by molar-refractivity contribution is 5.89. The van der Waals surface area contributed by atoms with E-state index >= 15 is 0 Å². The Labute approximate surface area is 97.9 Å². The maximum absolute atomic E-state index is 11.5. The van der Waals surface area contributed by atoms with Gasteiger partial charge in [0.05, 0.1) is 17.4 Å². The van der Waals surface area contributed by atoms with Crippen LogP contribution in [0.25, 0.3) is 0 Å². The van der Waals surface area contributed by atoms with Crippen LogP contribution in [0.3, 0.4) is 0 Å². The van der Waals surface area contributed by atoms with Crippen LogP contribution in [-0.2, 0) is 9.47 Å². The molecule has 0 saturated carbocycles. The van der Waals surface area contributed by atoms with E-state index in [9.17, 15) is 10.0 Å². The van der Waals surface area contributed by atoms with Gasteiger partial charge in [0, 0.05) is 0 Å². The number of ether oxygens (including phenoxy) is 2. The maximum atomic E-state index is 11.5. The Morgan fingerprint density at radius 2 is 2.12 bits per heavy atom. The molecule has 0 aliphatic carbocycles. The number of hydrogen-bond acceptors (Lipinski definition) is 6. The van der Waals surface area contributed by atoms with Gasteiger partial charge in [-0.1, -0.05) is 0 Å². The second kappa shape index (κ2) is 4.70. The standard InChI is InChI=1S/C11H12NO5/c1-7-10(17-7)6-16-11(13)8-2-4-9(5-3-8)12(14)15/h2-5,7,10,14H,6H2,1H3/q-1. The fraction of sp³-hybridized carbons (Fsp3) is 0.364. The second-order valence-corrected chi connectivity index (χ2v) is 3.80. The Morgan fingerprint density at radius 1 is 1.53 bits per heavy atom. The molecule has 0 radical (unpaired) electrons. The van der Waals surface area contributed by atoms with Crippen LogP contribution in [0, 0.1) is 5.21 Å². The van der Waals surface area contributed by atoms with Gasteiger partial charge in [0.15, 0.2) is 0 Å². The first-order chi connectivity index (χ1) is 8.08. The third kappa shape index (κ3) is 2.94. The van der Waals surface area contributed by atoms with Gasteiger partial charge in [0.25, 0.3) is 0 Å². The van der Waals surface area contributed by atoms with Crippen molar-refractivity contribution in [2.75, 3.05) is 11.8 Å². The predicted molar refractivity (Wildman–Crippen MR) is 58.7 cm³/mol. The van der Waals surface area contributed by atoms with Crippen LogP contribution in [0.5, 0.6) is 0 Å². The molecule has 0 spiro atoms. The van der Waals surface area contributed by atoms with Crippen LogP contribution in [0.2, 0.25) is 0 Å². The lowest BCUT2D eigenvalue weighted by atomic mass is 10.2. The summed E-state index contributed by atoms with van der Waals surface area (Å²) in [5, 5.41) is 18.9. The van der Waals surface area contributed by atoms with Crippen LogP contribution >= 0.6 is 0 Å². The lowest BCUT2D eigenvalue weighted by molar-refractivity contribution is 0.0476. The minimum Gasteiger partial charge on any atom is -0.733 e. The van der Waals surface area contributed by atoms with E-state index in [1.807, 2.05) is 6.92 Å². The Bertz CT molecular complexity index is 403. The minimum atomic E-state index is -0.477. The normalized spacial score (nSPS) is 22.1. The van der Waals surface area contributed by atoms with Gasteiger partial charge in [0.1, 0.15) is 12.7 Å². The molecule has 1 saturated heterocycles. The number of anilines is 1. The van der Waals surface area contributed by atoms with E-state index in [2.05, 4.69) is 0 Å². The summed E-state index contributed by atoms with van der Waals surface area (Å²) >= 11 is 0. The van der Waals surface area contributed by atoms with Crippen molar-refractivity contribution in [2.45, 2.75) is 19.1 Å². The summed E-state index contributed by atoms with van der Waals surface area (Å²) in [5.74, 6) is -0.477. The van der Waals surface area contributed by atoms with Gasteiger partial charge in [-0.15, -0.1) is 0 Å². The highest BCUT2D eigenvalue weighted by Crippen LogP contribution is 2.21. The molecule has 2 atom stereocenters. The smallest absolute Gasteiger partial charge is 0.338 e. The third-order valence-corrected chi connectivity index (χ3v) is 2.54. The van der Waals surface area contributed by atoms with E-state index in [1.54, 1.807) is 0 Å². The highest BCUT2D eigenvalue weighted by Gasteiger charge is 2.35. The zero-order valence-electron chi connectivity index (χ0n) is 9.20. The molecule has 1 aromatic rings. The van der Waals surface area contributed by atoms with Crippen molar-refractivity contribution in [2.24, 2.45) is 0 Å². The molecular formula is C11H12NO5-. The SMILES string of the molecule is CC1OC1COC(=O)c1ccc(N([O-])O)cc1. The fourth-order valence-corrected chi connectivity index (χ4v) is 1.37. The minimum absolute atomic E-state index is 0.00667. The van der Waals surface area contributed by atoms with Crippen molar-refractivity contribution >= 4 is 11.7 Å². The summed E-state index contributed by atoms with van der Waals surface area (Å²) < 4.78 is 10.1. The van der Waals surface area contributed by atoms with Crippen molar-refractivity contribution in [1.29, 1.82) is 0 Å². The molecule has 6 heteroatoms. The summed E-state index contributed by atoms with van der Waals surface area (Å²) in [6.45, 7) is 2.13. The molecule has 0 aromatic heterocycles. The molecule has 0 bridgehead atoms. The van der Waals surface area contributed by atoms with Crippen LogP contribution in [-0.4, -0.2) is 30.0 Å². The topological polar surface area (TPSA) is 85.4 Å². The number of epoxide rings is 1. The zero-order valence-corrected chi connectivity index (χ0v) is 9.20. The van der Waals surface area contributed by atoms with Gasteiger partial charge in [-0.05, 0) is 31.2 Å². The van der Waals surface area contributed by atoms with Crippen LogP contribution < -0.4 is 5.23 Å². The Hall–Kier alpha value is -1.63. The number of carbonyl (C=O) groups is 1. The van der Waals surface area contributed by atoms with Crippen molar-refractivity contribution in [3.05, 3.63) is 35.0 Å². The molecule has 1 aromatic carbocycles. The summed E-state index contributed by atoms with van der Waals surface area (Å²) in [6.07, 6.45) is 0.140. The monoisotopic (exact) mass is 238 g/mol. The van der Waals surface area contributed by atoms with Crippen LogP contribution in [0.15, 0.2) is 24.3 Å². The fourth-order valence-electron chi connectivity index (χ4n) is 1.37. The Balaban J connectivity index is 1.90. The number of esters is 1. The molecule has 2 rings (SSSR count). The first-order valence-electron chi connectivity index (χ1n) is 5.16. The van der Waals surface area contributed by atoms with E-state index in [1.165, 1.54) is 24.3 Å². The first-order valence-corrected chi connectivity index (χ1v) is 5.16. The number of nitrogens with zero attached hydrogens (tertiary/aromatic N) is 1. The summed E-state index contributed by atoms with van der Waals surface area (Å²) in [7, 11) is 0. The first kappa shape index (κ1) is 11.8. The molecule has 0 amide bonds. The lowest BCUT2D eigenvalue weighted by Gasteiger charge is -2.21. The van der Waals surface area contributed by atoms with E-state index < -0.39 is 5.97 Å². The Kier molecular flexibility index (Phi) is 3.28. The third-order valence-electron chi connectivity index (χ3n) is 2.54. The number of carbonyl (C=O) groups excluding carboxylic acids is 1. The highest BCUT2D eigenvalue weighted by atomic mass is 16.8. The number of rotatable bonds is 4. The van der Waals surface area contributed by atoms with E-state index in [4.69, 9.17) is 14.7 Å². The van der Waals surface area contributed by atoms with E-state index in [-0.39, 0.29) is 29.7 Å². The van der Waals surface area contributed by atoms with Gasteiger partial charge >= 0.3 is 5.97 Å². The molecule has 17 heavy (non-hydrogen) atoms. The zero-order chi connectivity index (χ0) is 12.4. The molecule has 92 valence electrons. The predicted octanol–water partition coefficient (Wildman–Crippen LogP) is 1.32. The number of benzene rings is 1. The molecular weight excluding hydrogens is 226 g/mol. The van der Waals surface area contributed by atoms with E-state index in [0.29, 0.717) is 5.56 Å². The molecule has 1 aliphatic heterocycles. The molecule has 1 fully saturated rings. The van der Waals surface area contributed by atoms with E-state index in [0.717, 1.165) is 0 Å². The second-order valence-electron chi connectivity index (χ2n) is 3.80. The maximum Gasteiger partial charge on any atom is 0.338 e. The van der Waals surface area contributed by atoms with Crippen molar-refractivity contribution in [3.8, 4) is 0 Å². The van der Waals surface area contributed by atoms with Gasteiger partial charge in [-0.3, -0.25) is 5.21 Å². The van der Waals surface area contributed by atoms with Crippen LogP contribution in [0.1, 0.15) is 17.3 Å². The quantitative estimate of drug-likeness (QED) is 0.483. The van der Waals surface area contributed by atoms with Gasteiger partial charge in [-0.2, -0.15) is 0 Å².